The maximum atomic E-state index is 4.83. The molecule has 1 aromatic rings. The van der Waals surface area contributed by atoms with Gasteiger partial charge in [-0.15, -0.1) is 0 Å². The second kappa shape index (κ2) is 3.03. The molecule has 0 N–H and O–H groups in total. The Bertz CT molecular complexity index is 170. The van der Waals surface area contributed by atoms with Crippen LogP contribution in [-0.4, -0.2) is 22.7 Å². The summed E-state index contributed by atoms with van der Waals surface area (Å²) in [5, 5.41) is 1.40. The largest absolute Gasteiger partial charge is 0.472 e. The minimum absolute atomic E-state index is 0.624. The van der Waals surface area contributed by atoms with Gasteiger partial charge in [-0.25, -0.2) is 0 Å². The van der Waals surface area contributed by atoms with E-state index in [1.807, 2.05) is 6.26 Å². The molecule has 3 nitrogen and oxygen atoms in total. The molecule has 5 heteroatoms. The van der Waals surface area contributed by atoms with Gasteiger partial charge in [-0.2, -0.15) is 9.36 Å². The Balaban J connectivity index is 2.74. The van der Waals surface area contributed by atoms with E-state index in [0.29, 0.717) is 5.19 Å². The fraction of sp³-hybridized carbons (Fsp3) is 0.500. The zero-order chi connectivity index (χ0) is 6.69. The van der Waals surface area contributed by atoms with E-state index in [9.17, 15) is 0 Å². The molecule has 0 amide bonds. The van der Waals surface area contributed by atoms with Gasteiger partial charge in [-0.1, -0.05) is 11.8 Å². The van der Waals surface area contributed by atoms with Crippen LogP contribution in [0.15, 0.2) is 5.16 Å². The SMILES string of the molecule is COc1nc(SC)ns1. The quantitative estimate of drug-likeness (QED) is 0.613. The normalized spacial score (nSPS) is 9.56. The van der Waals surface area contributed by atoms with Gasteiger partial charge in [0.15, 0.2) is 0 Å². The third-order valence-electron chi connectivity index (χ3n) is 0.746. The molecule has 0 atom stereocenters. The lowest BCUT2D eigenvalue weighted by atomic mass is 11.2. The Labute approximate surface area is 61.6 Å². The van der Waals surface area contributed by atoms with Crippen LogP contribution in [0.3, 0.4) is 0 Å². The molecular weight excluding hydrogens is 156 g/mol. The van der Waals surface area contributed by atoms with Crippen LogP contribution in [0.1, 0.15) is 0 Å². The molecule has 0 saturated heterocycles. The summed E-state index contributed by atoms with van der Waals surface area (Å²) in [6, 6.07) is 0. The van der Waals surface area contributed by atoms with Crippen molar-refractivity contribution in [2.75, 3.05) is 13.4 Å². The van der Waals surface area contributed by atoms with Crippen LogP contribution in [0.4, 0.5) is 0 Å². The van der Waals surface area contributed by atoms with Crippen LogP contribution in [0.2, 0.25) is 0 Å². The smallest absolute Gasteiger partial charge is 0.293 e. The summed E-state index contributed by atoms with van der Waals surface area (Å²) >= 11 is 2.78. The van der Waals surface area contributed by atoms with Crippen molar-refractivity contribution in [1.29, 1.82) is 0 Å². The third kappa shape index (κ3) is 1.56. The van der Waals surface area contributed by atoms with E-state index in [1.165, 1.54) is 23.3 Å². The number of ether oxygens (including phenoxy) is 1. The molecule has 1 aromatic heterocycles. The molecule has 0 aliphatic rings. The molecule has 9 heavy (non-hydrogen) atoms. The van der Waals surface area contributed by atoms with Crippen LogP contribution in [-0.2, 0) is 0 Å². The Hall–Kier alpha value is -0.290. The number of thioether (sulfide) groups is 1. The zero-order valence-corrected chi connectivity index (χ0v) is 6.75. The number of nitrogens with zero attached hydrogens (tertiary/aromatic N) is 2. The Morgan fingerprint density at radius 1 is 1.67 bits per heavy atom. The number of hydrogen-bond acceptors (Lipinski definition) is 5. The summed E-state index contributed by atoms with van der Waals surface area (Å²) in [4.78, 5) is 4.00. The average molecular weight is 162 g/mol. The van der Waals surface area contributed by atoms with Crippen molar-refractivity contribution in [1.82, 2.24) is 9.36 Å². The van der Waals surface area contributed by atoms with E-state index in [2.05, 4.69) is 9.36 Å². The van der Waals surface area contributed by atoms with Crippen molar-refractivity contribution in [3.05, 3.63) is 0 Å². The molecular formula is C4H6N2OS2. The standard InChI is InChI=1S/C4H6N2OS2/c1-7-4-5-3(8-2)6-9-4/h1-2H3. The van der Waals surface area contributed by atoms with Crippen molar-refractivity contribution >= 4 is 23.3 Å². The summed E-state index contributed by atoms with van der Waals surface area (Å²) in [7, 11) is 1.59. The number of methoxy groups -OCH3 is 1. The molecule has 1 rings (SSSR count). The first-order valence-electron chi connectivity index (χ1n) is 2.28. The summed E-state index contributed by atoms with van der Waals surface area (Å²) < 4.78 is 8.80. The van der Waals surface area contributed by atoms with E-state index >= 15 is 0 Å². The van der Waals surface area contributed by atoms with E-state index in [0.717, 1.165) is 5.16 Å². The predicted octanol–water partition coefficient (Wildman–Crippen LogP) is 1.27. The van der Waals surface area contributed by atoms with Gasteiger partial charge in [0.1, 0.15) is 0 Å². The predicted molar refractivity (Wildman–Crippen MR) is 38.2 cm³/mol. The first kappa shape index (κ1) is 6.82. The minimum Gasteiger partial charge on any atom is -0.472 e. The van der Waals surface area contributed by atoms with Gasteiger partial charge in [-0.05, 0) is 6.26 Å². The van der Waals surface area contributed by atoms with Crippen molar-refractivity contribution in [2.24, 2.45) is 0 Å². The van der Waals surface area contributed by atoms with E-state index in [1.54, 1.807) is 7.11 Å². The van der Waals surface area contributed by atoms with Crippen LogP contribution < -0.4 is 4.74 Å². The maximum Gasteiger partial charge on any atom is 0.293 e. The third-order valence-corrected chi connectivity index (χ3v) is 2.09. The Kier molecular flexibility index (Phi) is 2.29. The lowest BCUT2D eigenvalue weighted by Gasteiger charge is -1.84. The van der Waals surface area contributed by atoms with Gasteiger partial charge in [0.2, 0.25) is 5.16 Å². The van der Waals surface area contributed by atoms with Crippen LogP contribution in [0, 0.1) is 0 Å². The molecule has 0 fully saturated rings. The minimum atomic E-state index is 0.624. The molecule has 0 aliphatic heterocycles. The summed E-state index contributed by atoms with van der Waals surface area (Å²) in [6.07, 6.45) is 1.93. The zero-order valence-electron chi connectivity index (χ0n) is 5.12. The molecule has 0 aliphatic carbocycles. The van der Waals surface area contributed by atoms with Gasteiger partial charge in [0.25, 0.3) is 5.19 Å². The van der Waals surface area contributed by atoms with Crippen molar-refractivity contribution < 1.29 is 4.74 Å². The van der Waals surface area contributed by atoms with E-state index < -0.39 is 0 Å². The molecule has 50 valence electrons. The van der Waals surface area contributed by atoms with Crippen LogP contribution >= 0.6 is 23.3 Å². The highest BCUT2D eigenvalue weighted by Crippen LogP contribution is 2.18. The first-order valence-corrected chi connectivity index (χ1v) is 4.28. The number of hydrogen-bond donors (Lipinski definition) is 0. The molecule has 0 saturated carbocycles. The fourth-order valence-corrected chi connectivity index (χ4v) is 1.40. The van der Waals surface area contributed by atoms with Gasteiger partial charge in [0, 0.05) is 11.5 Å². The van der Waals surface area contributed by atoms with Gasteiger partial charge in [0.05, 0.1) is 7.11 Å². The van der Waals surface area contributed by atoms with Crippen molar-refractivity contribution in [2.45, 2.75) is 5.16 Å². The summed E-state index contributed by atoms with van der Waals surface area (Å²) in [5.41, 5.74) is 0. The summed E-state index contributed by atoms with van der Waals surface area (Å²) in [6.45, 7) is 0. The van der Waals surface area contributed by atoms with Crippen molar-refractivity contribution in [3.63, 3.8) is 0 Å². The van der Waals surface area contributed by atoms with E-state index in [-0.39, 0.29) is 0 Å². The fourth-order valence-electron chi connectivity index (χ4n) is 0.363. The highest BCUT2D eigenvalue weighted by Gasteiger charge is 1.99. The maximum absolute atomic E-state index is 4.83. The monoisotopic (exact) mass is 162 g/mol. The molecule has 1 heterocycles. The first-order chi connectivity index (χ1) is 4.36. The van der Waals surface area contributed by atoms with E-state index in [4.69, 9.17) is 4.74 Å². The average Bonchev–Trinajstić information content (AvgIpc) is 2.34. The molecule has 0 unspecified atom stereocenters. The van der Waals surface area contributed by atoms with Gasteiger partial charge >= 0.3 is 0 Å². The Morgan fingerprint density at radius 2 is 2.44 bits per heavy atom. The topological polar surface area (TPSA) is 35.0 Å². The van der Waals surface area contributed by atoms with Crippen LogP contribution in [0.5, 0.6) is 5.19 Å². The highest BCUT2D eigenvalue weighted by atomic mass is 32.2. The second-order valence-corrected chi connectivity index (χ2v) is 2.74. The molecule has 0 bridgehead atoms. The Morgan fingerprint density at radius 3 is 2.78 bits per heavy atom. The molecule has 0 spiro atoms. The molecule has 0 aromatic carbocycles. The van der Waals surface area contributed by atoms with Gasteiger partial charge in [-0.3, -0.25) is 0 Å². The second-order valence-electron chi connectivity index (χ2n) is 1.25. The molecule has 0 radical (unpaired) electrons. The highest BCUT2D eigenvalue weighted by molar-refractivity contribution is 7.98. The lowest BCUT2D eigenvalue weighted by molar-refractivity contribution is 0.409. The van der Waals surface area contributed by atoms with Gasteiger partial charge < -0.3 is 4.74 Å². The lowest BCUT2D eigenvalue weighted by Crippen LogP contribution is -1.79. The number of aromatic nitrogens is 2. The van der Waals surface area contributed by atoms with Crippen LogP contribution in [0.25, 0.3) is 0 Å². The van der Waals surface area contributed by atoms with Crippen molar-refractivity contribution in [3.8, 4) is 5.19 Å². The number of rotatable bonds is 2. The summed E-state index contributed by atoms with van der Waals surface area (Å²) in [5.74, 6) is 0.